The van der Waals surface area contributed by atoms with E-state index in [2.05, 4.69) is 21.2 Å². The molecule has 0 bridgehead atoms. The van der Waals surface area contributed by atoms with Crippen molar-refractivity contribution in [3.05, 3.63) is 28.2 Å². The van der Waals surface area contributed by atoms with Crippen LogP contribution in [0.3, 0.4) is 0 Å². The lowest BCUT2D eigenvalue weighted by Crippen LogP contribution is -2.41. The second-order valence-corrected chi connectivity index (χ2v) is 5.99. The van der Waals surface area contributed by atoms with Gasteiger partial charge >= 0.3 is 0 Å². The van der Waals surface area contributed by atoms with E-state index in [-0.39, 0.29) is 5.91 Å². The Kier molecular flexibility index (Phi) is 5.43. The van der Waals surface area contributed by atoms with Gasteiger partial charge in [0.1, 0.15) is 5.75 Å². The monoisotopic (exact) mass is 340 g/mol. The molecule has 1 atom stereocenters. The molecule has 1 N–H and O–H groups in total. The third-order valence-corrected chi connectivity index (χ3v) is 4.21. The van der Waals surface area contributed by atoms with Gasteiger partial charge in [-0.15, -0.1) is 0 Å². The van der Waals surface area contributed by atoms with E-state index in [4.69, 9.17) is 4.74 Å². The van der Waals surface area contributed by atoms with Crippen LogP contribution >= 0.6 is 15.9 Å². The number of hydrogen-bond acceptors (Lipinski definition) is 3. The van der Waals surface area contributed by atoms with E-state index in [1.165, 1.54) is 0 Å². The second kappa shape index (κ2) is 7.09. The van der Waals surface area contributed by atoms with Crippen LogP contribution in [0.5, 0.6) is 5.75 Å². The second-order valence-electron chi connectivity index (χ2n) is 5.07. The first-order valence-electron chi connectivity index (χ1n) is 6.92. The number of likely N-dealkylation sites (N-methyl/N-ethyl adjacent to an activating group) is 1. The molecule has 4 nitrogen and oxygen atoms in total. The van der Waals surface area contributed by atoms with Gasteiger partial charge in [-0.1, -0.05) is 15.9 Å². The zero-order valence-corrected chi connectivity index (χ0v) is 13.6. The molecule has 1 heterocycles. The number of nitrogens with zero attached hydrogens (tertiary/aromatic N) is 1. The average molecular weight is 341 g/mol. The Labute approximate surface area is 128 Å². The molecular weight excluding hydrogens is 320 g/mol. The Morgan fingerprint density at radius 3 is 3.05 bits per heavy atom. The standard InChI is InChI=1S/C15H21BrN2O2/c1-17-10-13-4-3-7-18(13)15(19)9-11-8-12(16)5-6-14(11)20-2/h5-6,8,13,17H,3-4,7,9-10H2,1-2H3. The van der Waals surface area contributed by atoms with Crippen molar-refractivity contribution in [1.29, 1.82) is 0 Å². The van der Waals surface area contributed by atoms with E-state index in [1.54, 1.807) is 7.11 Å². The van der Waals surface area contributed by atoms with E-state index in [9.17, 15) is 4.79 Å². The topological polar surface area (TPSA) is 41.6 Å². The summed E-state index contributed by atoms with van der Waals surface area (Å²) in [5, 5.41) is 3.16. The van der Waals surface area contributed by atoms with Crippen molar-refractivity contribution in [1.82, 2.24) is 10.2 Å². The molecule has 0 saturated carbocycles. The molecule has 110 valence electrons. The minimum Gasteiger partial charge on any atom is -0.496 e. The van der Waals surface area contributed by atoms with Crippen molar-refractivity contribution < 1.29 is 9.53 Å². The number of halogens is 1. The molecule has 1 fully saturated rings. The van der Waals surface area contributed by atoms with E-state index < -0.39 is 0 Å². The molecule has 1 aromatic rings. The first-order valence-corrected chi connectivity index (χ1v) is 7.71. The Hall–Kier alpha value is -1.07. The van der Waals surface area contributed by atoms with E-state index in [0.717, 1.165) is 41.7 Å². The summed E-state index contributed by atoms with van der Waals surface area (Å²) in [6.45, 7) is 1.73. The number of hydrogen-bond donors (Lipinski definition) is 1. The van der Waals surface area contributed by atoms with Crippen molar-refractivity contribution in [2.45, 2.75) is 25.3 Å². The average Bonchev–Trinajstić information content (AvgIpc) is 2.88. The molecule has 1 unspecified atom stereocenters. The summed E-state index contributed by atoms with van der Waals surface area (Å²) in [7, 11) is 3.56. The zero-order chi connectivity index (χ0) is 14.5. The molecule has 1 aromatic carbocycles. The van der Waals surface area contributed by atoms with Gasteiger partial charge in [0.05, 0.1) is 13.5 Å². The van der Waals surface area contributed by atoms with E-state index >= 15 is 0 Å². The lowest BCUT2D eigenvalue weighted by molar-refractivity contribution is -0.131. The maximum absolute atomic E-state index is 12.5. The highest BCUT2D eigenvalue weighted by atomic mass is 79.9. The minimum absolute atomic E-state index is 0.180. The van der Waals surface area contributed by atoms with Crippen LogP contribution in [-0.4, -0.2) is 44.1 Å². The Morgan fingerprint density at radius 2 is 2.35 bits per heavy atom. The highest BCUT2D eigenvalue weighted by Gasteiger charge is 2.28. The number of rotatable bonds is 5. The van der Waals surface area contributed by atoms with E-state index in [0.29, 0.717) is 12.5 Å². The van der Waals surface area contributed by atoms with Gasteiger partial charge < -0.3 is 15.0 Å². The Bertz CT molecular complexity index is 479. The number of likely N-dealkylation sites (tertiary alicyclic amines) is 1. The van der Waals surface area contributed by atoms with Gasteiger partial charge in [0.15, 0.2) is 0 Å². The summed E-state index contributed by atoms with van der Waals surface area (Å²) < 4.78 is 6.30. The molecule has 2 rings (SSSR count). The maximum atomic E-state index is 12.5. The first kappa shape index (κ1) is 15.3. The highest BCUT2D eigenvalue weighted by Crippen LogP contribution is 2.25. The number of ether oxygens (including phenoxy) is 1. The Morgan fingerprint density at radius 1 is 1.55 bits per heavy atom. The molecule has 1 aliphatic heterocycles. The zero-order valence-electron chi connectivity index (χ0n) is 12.0. The van der Waals surface area contributed by atoms with Gasteiger partial charge in [0.25, 0.3) is 0 Å². The smallest absolute Gasteiger partial charge is 0.227 e. The van der Waals surface area contributed by atoms with Gasteiger partial charge in [-0.05, 0) is 38.1 Å². The molecule has 0 aromatic heterocycles. The van der Waals surface area contributed by atoms with Crippen molar-refractivity contribution >= 4 is 21.8 Å². The number of carbonyl (C=O) groups is 1. The number of benzene rings is 1. The molecule has 1 aliphatic rings. The molecule has 0 spiro atoms. The third-order valence-electron chi connectivity index (χ3n) is 3.72. The van der Waals surface area contributed by atoms with Crippen LogP contribution in [0, 0.1) is 0 Å². The van der Waals surface area contributed by atoms with Gasteiger partial charge in [0, 0.05) is 29.2 Å². The molecule has 1 amide bonds. The van der Waals surface area contributed by atoms with Gasteiger partial charge in [-0.3, -0.25) is 4.79 Å². The SMILES string of the molecule is CNCC1CCCN1C(=O)Cc1cc(Br)ccc1OC. The van der Waals surface area contributed by atoms with Crippen molar-refractivity contribution in [2.24, 2.45) is 0 Å². The predicted octanol–water partition coefficient (Wildman–Crippen LogP) is 2.21. The summed E-state index contributed by atoms with van der Waals surface area (Å²) in [6, 6.07) is 6.10. The number of methoxy groups -OCH3 is 1. The maximum Gasteiger partial charge on any atom is 0.227 e. The lowest BCUT2D eigenvalue weighted by atomic mass is 10.1. The van der Waals surface area contributed by atoms with Crippen molar-refractivity contribution in [2.75, 3.05) is 27.2 Å². The molecule has 1 saturated heterocycles. The van der Waals surface area contributed by atoms with Crippen LogP contribution in [0.25, 0.3) is 0 Å². The molecular formula is C15H21BrN2O2. The van der Waals surface area contributed by atoms with Crippen LogP contribution in [-0.2, 0) is 11.2 Å². The van der Waals surface area contributed by atoms with Crippen LogP contribution in [0.4, 0.5) is 0 Å². The first-order chi connectivity index (χ1) is 9.65. The van der Waals surface area contributed by atoms with Crippen molar-refractivity contribution in [3.63, 3.8) is 0 Å². The molecule has 0 aliphatic carbocycles. The van der Waals surface area contributed by atoms with Crippen molar-refractivity contribution in [3.8, 4) is 5.75 Å². The summed E-state index contributed by atoms with van der Waals surface area (Å²) in [4.78, 5) is 14.5. The summed E-state index contributed by atoms with van der Waals surface area (Å²) >= 11 is 3.45. The summed E-state index contributed by atoms with van der Waals surface area (Å²) in [6.07, 6.45) is 2.57. The molecule has 0 radical (unpaired) electrons. The fourth-order valence-electron chi connectivity index (χ4n) is 2.76. The molecule has 5 heteroatoms. The number of nitrogens with one attached hydrogen (secondary N) is 1. The Balaban J connectivity index is 2.09. The van der Waals surface area contributed by atoms with Crippen LogP contribution in [0.1, 0.15) is 18.4 Å². The largest absolute Gasteiger partial charge is 0.496 e. The van der Waals surface area contributed by atoms with Gasteiger partial charge in [-0.25, -0.2) is 0 Å². The number of carbonyl (C=O) groups excluding carboxylic acids is 1. The fourth-order valence-corrected chi connectivity index (χ4v) is 3.17. The third kappa shape index (κ3) is 3.52. The summed E-state index contributed by atoms with van der Waals surface area (Å²) in [5.41, 5.74) is 0.932. The quantitative estimate of drug-likeness (QED) is 0.893. The van der Waals surface area contributed by atoms with Gasteiger partial charge in [0.2, 0.25) is 5.91 Å². The van der Waals surface area contributed by atoms with Crippen LogP contribution in [0.15, 0.2) is 22.7 Å². The van der Waals surface area contributed by atoms with Crippen LogP contribution < -0.4 is 10.1 Å². The predicted molar refractivity (Wildman–Crippen MR) is 83.1 cm³/mol. The number of amides is 1. The normalized spacial score (nSPS) is 18.4. The van der Waals surface area contributed by atoms with Crippen LogP contribution in [0.2, 0.25) is 0 Å². The molecule has 20 heavy (non-hydrogen) atoms. The fraction of sp³-hybridized carbons (Fsp3) is 0.533. The summed E-state index contributed by atoms with van der Waals surface area (Å²) in [5.74, 6) is 0.949. The lowest BCUT2D eigenvalue weighted by Gasteiger charge is -2.25. The highest BCUT2D eigenvalue weighted by molar-refractivity contribution is 9.10. The van der Waals surface area contributed by atoms with Gasteiger partial charge in [-0.2, -0.15) is 0 Å². The van der Waals surface area contributed by atoms with E-state index in [1.807, 2.05) is 30.1 Å². The minimum atomic E-state index is 0.180.